The van der Waals surface area contributed by atoms with Crippen LogP contribution in [0.2, 0.25) is 0 Å². The molecule has 142 valence electrons. The van der Waals surface area contributed by atoms with Crippen molar-refractivity contribution in [3.63, 3.8) is 0 Å². The van der Waals surface area contributed by atoms with Crippen LogP contribution < -0.4 is 4.74 Å². The molecule has 0 unspecified atom stereocenters. The summed E-state index contributed by atoms with van der Waals surface area (Å²) in [5.74, 6) is 1.04. The third kappa shape index (κ3) is 4.91. The summed E-state index contributed by atoms with van der Waals surface area (Å²) in [6.07, 6.45) is 3.61. The largest absolute Gasteiger partial charge is 0.489 e. The number of thioether (sulfide) groups is 1. The van der Waals surface area contributed by atoms with Crippen molar-refractivity contribution in [1.29, 1.82) is 0 Å². The summed E-state index contributed by atoms with van der Waals surface area (Å²) in [5.41, 5.74) is 0. The number of rotatable bonds is 8. The zero-order valence-electron chi connectivity index (χ0n) is 15.1. The van der Waals surface area contributed by atoms with Gasteiger partial charge < -0.3 is 18.6 Å². The summed E-state index contributed by atoms with van der Waals surface area (Å²) < 4.78 is 26.4. The minimum atomic E-state index is -0.424. The van der Waals surface area contributed by atoms with Crippen molar-refractivity contribution >= 4 is 17.7 Å². The SMILES string of the molecule is CN(CCOc1ccccc1F)C(=O)c1ccc(CSc2nccn2C)o1. The molecule has 3 rings (SSSR count). The molecule has 0 N–H and O–H groups in total. The quantitative estimate of drug-likeness (QED) is 0.551. The van der Waals surface area contributed by atoms with E-state index in [-0.39, 0.29) is 24.0 Å². The third-order valence-electron chi connectivity index (χ3n) is 3.86. The fourth-order valence-corrected chi connectivity index (χ4v) is 3.17. The molecule has 0 aliphatic heterocycles. The molecule has 0 fully saturated rings. The number of furan rings is 1. The van der Waals surface area contributed by atoms with Gasteiger partial charge in [-0.25, -0.2) is 9.37 Å². The molecule has 0 atom stereocenters. The van der Waals surface area contributed by atoms with E-state index in [4.69, 9.17) is 9.15 Å². The van der Waals surface area contributed by atoms with Crippen LogP contribution in [0.3, 0.4) is 0 Å². The van der Waals surface area contributed by atoms with E-state index in [1.165, 1.54) is 22.7 Å². The first-order valence-electron chi connectivity index (χ1n) is 8.36. The Hall–Kier alpha value is -2.74. The van der Waals surface area contributed by atoms with Crippen LogP contribution in [0, 0.1) is 5.82 Å². The lowest BCUT2D eigenvalue weighted by Crippen LogP contribution is -2.30. The predicted octanol–water partition coefficient (Wildman–Crippen LogP) is 3.60. The Balaban J connectivity index is 1.49. The second-order valence-electron chi connectivity index (χ2n) is 5.88. The number of nitrogens with zero attached hydrogens (tertiary/aromatic N) is 3. The maximum absolute atomic E-state index is 13.5. The number of ether oxygens (including phenoxy) is 1. The molecule has 0 bridgehead atoms. The van der Waals surface area contributed by atoms with Crippen LogP contribution in [0.15, 0.2) is 58.4 Å². The van der Waals surface area contributed by atoms with Crippen molar-refractivity contribution in [2.75, 3.05) is 20.2 Å². The molecule has 0 saturated carbocycles. The van der Waals surface area contributed by atoms with Gasteiger partial charge >= 0.3 is 0 Å². The molecule has 27 heavy (non-hydrogen) atoms. The summed E-state index contributed by atoms with van der Waals surface area (Å²) in [6.45, 7) is 0.497. The zero-order chi connectivity index (χ0) is 19.2. The van der Waals surface area contributed by atoms with Gasteiger partial charge in [0.05, 0.1) is 12.3 Å². The number of para-hydroxylation sites is 1. The number of aryl methyl sites for hydroxylation is 1. The first kappa shape index (κ1) is 19.0. The van der Waals surface area contributed by atoms with Gasteiger partial charge in [0.15, 0.2) is 22.5 Å². The molecule has 3 aromatic rings. The number of aromatic nitrogens is 2. The summed E-state index contributed by atoms with van der Waals surface area (Å²) in [7, 11) is 3.57. The minimum Gasteiger partial charge on any atom is -0.489 e. The Kier molecular flexibility index (Phi) is 6.18. The van der Waals surface area contributed by atoms with Crippen molar-refractivity contribution in [2.45, 2.75) is 10.9 Å². The fourth-order valence-electron chi connectivity index (χ4n) is 2.34. The van der Waals surface area contributed by atoms with Crippen molar-refractivity contribution < 1.29 is 18.3 Å². The Morgan fingerprint density at radius 2 is 2.15 bits per heavy atom. The summed E-state index contributed by atoms with van der Waals surface area (Å²) in [5, 5.41) is 0.877. The monoisotopic (exact) mass is 389 g/mol. The van der Waals surface area contributed by atoms with Gasteiger partial charge in [-0.05, 0) is 24.3 Å². The average Bonchev–Trinajstić information content (AvgIpc) is 3.29. The van der Waals surface area contributed by atoms with E-state index in [1.807, 2.05) is 17.8 Å². The number of amides is 1. The van der Waals surface area contributed by atoms with Crippen molar-refractivity contribution in [2.24, 2.45) is 7.05 Å². The van der Waals surface area contributed by atoms with Gasteiger partial charge in [0.25, 0.3) is 5.91 Å². The van der Waals surface area contributed by atoms with Crippen LogP contribution in [-0.2, 0) is 12.8 Å². The first-order chi connectivity index (χ1) is 13.0. The smallest absolute Gasteiger partial charge is 0.289 e. The molecular formula is C19H20FN3O3S. The number of carbonyl (C=O) groups is 1. The van der Waals surface area contributed by atoms with Gasteiger partial charge in [0.1, 0.15) is 12.4 Å². The molecule has 6 nitrogen and oxygen atoms in total. The number of hydrogen-bond acceptors (Lipinski definition) is 5. The number of likely N-dealkylation sites (N-methyl/N-ethyl adjacent to an activating group) is 1. The van der Waals surface area contributed by atoms with E-state index < -0.39 is 5.82 Å². The zero-order valence-corrected chi connectivity index (χ0v) is 15.9. The fraction of sp³-hybridized carbons (Fsp3) is 0.263. The van der Waals surface area contributed by atoms with E-state index in [2.05, 4.69) is 4.98 Å². The molecule has 0 aliphatic rings. The van der Waals surface area contributed by atoms with Crippen molar-refractivity contribution in [3.05, 3.63) is 66.1 Å². The molecule has 0 spiro atoms. The topological polar surface area (TPSA) is 60.5 Å². The number of carbonyl (C=O) groups excluding carboxylic acids is 1. The van der Waals surface area contributed by atoms with Crippen LogP contribution >= 0.6 is 11.8 Å². The van der Waals surface area contributed by atoms with Crippen molar-refractivity contribution in [1.82, 2.24) is 14.5 Å². The number of benzene rings is 1. The number of halogens is 1. The standard InChI is InChI=1S/C19H20FN3O3S/c1-22(11-12-25-16-6-4-3-5-15(16)20)18(24)17-8-7-14(26-17)13-27-19-21-9-10-23(19)2/h3-10H,11-13H2,1-2H3. The normalized spacial score (nSPS) is 10.8. The molecule has 2 heterocycles. The highest BCUT2D eigenvalue weighted by atomic mass is 32.2. The summed E-state index contributed by atoms with van der Waals surface area (Å²) >= 11 is 1.53. The van der Waals surface area contributed by atoms with Crippen LogP contribution in [-0.4, -0.2) is 40.6 Å². The van der Waals surface area contributed by atoms with Gasteiger partial charge in [-0.1, -0.05) is 23.9 Å². The maximum Gasteiger partial charge on any atom is 0.289 e. The van der Waals surface area contributed by atoms with Crippen LogP contribution in [0.5, 0.6) is 5.75 Å². The first-order valence-corrected chi connectivity index (χ1v) is 9.35. The second kappa shape index (κ2) is 8.77. The molecule has 1 amide bonds. The van der Waals surface area contributed by atoms with Crippen LogP contribution in [0.1, 0.15) is 16.3 Å². The number of imidazole rings is 1. The third-order valence-corrected chi connectivity index (χ3v) is 4.94. The number of hydrogen-bond donors (Lipinski definition) is 0. The molecule has 0 saturated heterocycles. The van der Waals surface area contributed by atoms with E-state index in [0.717, 1.165) is 5.16 Å². The van der Waals surface area contributed by atoms with Gasteiger partial charge in [0.2, 0.25) is 0 Å². The Morgan fingerprint density at radius 1 is 1.33 bits per heavy atom. The second-order valence-corrected chi connectivity index (χ2v) is 6.82. The predicted molar refractivity (Wildman–Crippen MR) is 100 cm³/mol. The highest BCUT2D eigenvalue weighted by Crippen LogP contribution is 2.22. The summed E-state index contributed by atoms with van der Waals surface area (Å²) in [6, 6.07) is 9.61. The summed E-state index contributed by atoms with van der Waals surface area (Å²) in [4.78, 5) is 18.1. The van der Waals surface area contributed by atoms with Gasteiger partial charge in [-0.3, -0.25) is 4.79 Å². The van der Waals surface area contributed by atoms with Crippen molar-refractivity contribution in [3.8, 4) is 5.75 Å². The van der Waals surface area contributed by atoms with E-state index >= 15 is 0 Å². The molecule has 1 aromatic carbocycles. The van der Waals surface area contributed by atoms with Crippen LogP contribution in [0.25, 0.3) is 0 Å². The van der Waals surface area contributed by atoms with E-state index in [1.54, 1.807) is 43.6 Å². The van der Waals surface area contributed by atoms with E-state index in [0.29, 0.717) is 18.1 Å². The minimum absolute atomic E-state index is 0.171. The lowest BCUT2D eigenvalue weighted by Gasteiger charge is -2.16. The van der Waals surface area contributed by atoms with Gasteiger partial charge in [-0.15, -0.1) is 0 Å². The molecule has 8 heteroatoms. The van der Waals surface area contributed by atoms with Gasteiger partial charge in [-0.2, -0.15) is 0 Å². The van der Waals surface area contributed by atoms with Crippen LogP contribution in [0.4, 0.5) is 4.39 Å². The maximum atomic E-state index is 13.5. The average molecular weight is 389 g/mol. The lowest BCUT2D eigenvalue weighted by molar-refractivity contribution is 0.0740. The Labute approximate surface area is 160 Å². The Bertz CT molecular complexity index is 909. The molecule has 0 aliphatic carbocycles. The highest BCUT2D eigenvalue weighted by molar-refractivity contribution is 7.98. The van der Waals surface area contributed by atoms with E-state index in [9.17, 15) is 9.18 Å². The Morgan fingerprint density at radius 3 is 2.89 bits per heavy atom. The molecule has 0 radical (unpaired) electrons. The van der Waals surface area contributed by atoms with Gasteiger partial charge in [0, 0.05) is 26.5 Å². The lowest BCUT2D eigenvalue weighted by atomic mass is 10.3. The highest BCUT2D eigenvalue weighted by Gasteiger charge is 2.16. The molecule has 2 aromatic heterocycles. The molecular weight excluding hydrogens is 369 g/mol.